The summed E-state index contributed by atoms with van der Waals surface area (Å²) in [5.74, 6) is 5.11. The highest BCUT2D eigenvalue weighted by Crippen LogP contribution is 2.39. The molecule has 4 atom stereocenters. The van der Waals surface area contributed by atoms with Gasteiger partial charge in [0.2, 0.25) is 0 Å². The van der Waals surface area contributed by atoms with E-state index in [4.69, 9.17) is 0 Å². The predicted molar refractivity (Wildman–Crippen MR) is 103 cm³/mol. The molecule has 0 radical (unpaired) electrons. The first-order valence-corrected chi connectivity index (χ1v) is 10.0. The van der Waals surface area contributed by atoms with Crippen LogP contribution in [-0.4, -0.2) is 0 Å². The smallest absolute Gasteiger partial charge is 0.0329 e. The van der Waals surface area contributed by atoms with Gasteiger partial charge in [-0.15, -0.1) is 0 Å². The Labute approximate surface area is 142 Å². The van der Waals surface area contributed by atoms with Crippen LogP contribution in [0.4, 0.5) is 0 Å². The predicted octanol–water partition coefficient (Wildman–Crippen LogP) is 7.82. The van der Waals surface area contributed by atoms with Crippen molar-refractivity contribution in [1.29, 1.82) is 0 Å². The van der Waals surface area contributed by atoms with Gasteiger partial charge in [0, 0.05) is 0 Å². The summed E-state index contributed by atoms with van der Waals surface area (Å²) in [4.78, 5) is 0. The number of rotatable bonds is 11. The highest BCUT2D eigenvalue weighted by molar-refractivity contribution is 4.79. The number of hydrogen-bond acceptors (Lipinski definition) is 0. The monoisotopic (exact) mass is 310 g/mol. The van der Waals surface area contributed by atoms with E-state index < -0.39 is 0 Å². The second kappa shape index (κ2) is 9.99. The molecule has 0 heteroatoms. The molecule has 22 heavy (non-hydrogen) atoms. The summed E-state index contributed by atoms with van der Waals surface area (Å²) in [6.45, 7) is 24.3. The minimum Gasteiger partial charge on any atom is -0.0649 e. The SMILES string of the molecule is CCC(C)(C)C(C)C(C)CCC(C(C)C)C(C)CCC(C)C. The molecule has 0 aromatic rings. The molecule has 0 aliphatic heterocycles. The van der Waals surface area contributed by atoms with Gasteiger partial charge in [0.25, 0.3) is 0 Å². The van der Waals surface area contributed by atoms with Crippen molar-refractivity contribution in [3.05, 3.63) is 0 Å². The lowest BCUT2D eigenvalue weighted by Crippen LogP contribution is -2.27. The van der Waals surface area contributed by atoms with Crippen LogP contribution < -0.4 is 0 Å². The van der Waals surface area contributed by atoms with Gasteiger partial charge >= 0.3 is 0 Å². The average molecular weight is 311 g/mol. The molecule has 0 saturated heterocycles. The lowest BCUT2D eigenvalue weighted by Gasteiger charge is -2.37. The molecule has 0 aliphatic rings. The second-order valence-corrected chi connectivity index (χ2v) is 9.54. The topological polar surface area (TPSA) is 0 Å². The average Bonchev–Trinajstić information content (AvgIpc) is 2.43. The first-order valence-electron chi connectivity index (χ1n) is 10.0. The molecule has 0 amide bonds. The Balaban J connectivity index is 4.52. The molecule has 0 aromatic carbocycles. The summed E-state index contributed by atoms with van der Waals surface area (Å²) in [5.41, 5.74) is 0.482. The molecule has 0 fully saturated rings. The van der Waals surface area contributed by atoms with E-state index in [2.05, 4.69) is 69.2 Å². The number of hydrogen-bond donors (Lipinski definition) is 0. The van der Waals surface area contributed by atoms with Gasteiger partial charge in [-0.1, -0.05) is 94.9 Å². The van der Waals surface area contributed by atoms with E-state index in [-0.39, 0.29) is 0 Å². The van der Waals surface area contributed by atoms with Crippen molar-refractivity contribution in [2.24, 2.45) is 40.9 Å². The molecule has 0 spiro atoms. The van der Waals surface area contributed by atoms with Gasteiger partial charge in [-0.3, -0.25) is 0 Å². The van der Waals surface area contributed by atoms with E-state index in [0.717, 1.165) is 35.5 Å². The van der Waals surface area contributed by atoms with Crippen molar-refractivity contribution >= 4 is 0 Å². The van der Waals surface area contributed by atoms with E-state index >= 15 is 0 Å². The van der Waals surface area contributed by atoms with Crippen molar-refractivity contribution in [2.45, 2.75) is 101 Å². The molecule has 4 unspecified atom stereocenters. The standard InChI is InChI=1S/C22H46/c1-11-22(9,10)20(8)18(6)14-15-21(17(4)5)19(7)13-12-16(2)3/h16-21H,11-15H2,1-10H3. The minimum absolute atomic E-state index is 0.482. The zero-order valence-corrected chi connectivity index (χ0v) is 17.5. The van der Waals surface area contributed by atoms with Gasteiger partial charge in [0.1, 0.15) is 0 Å². The largest absolute Gasteiger partial charge is 0.0649 e. The van der Waals surface area contributed by atoms with Crippen molar-refractivity contribution in [1.82, 2.24) is 0 Å². The van der Waals surface area contributed by atoms with Crippen molar-refractivity contribution in [2.75, 3.05) is 0 Å². The van der Waals surface area contributed by atoms with Gasteiger partial charge < -0.3 is 0 Å². The summed E-state index contributed by atoms with van der Waals surface area (Å²) >= 11 is 0. The van der Waals surface area contributed by atoms with Crippen molar-refractivity contribution in [3.63, 3.8) is 0 Å². The minimum atomic E-state index is 0.482. The molecule has 134 valence electrons. The Kier molecular flexibility index (Phi) is 9.99. The molecule has 0 aliphatic carbocycles. The maximum Gasteiger partial charge on any atom is -0.0329 e. The van der Waals surface area contributed by atoms with Crippen LogP contribution in [0.2, 0.25) is 0 Å². The fourth-order valence-electron chi connectivity index (χ4n) is 3.88. The first kappa shape index (κ1) is 22.0. The summed E-state index contributed by atoms with van der Waals surface area (Å²) in [6, 6.07) is 0. The lowest BCUT2D eigenvalue weighted by atomic mass is 9.69. The van der Waals surface area contributed by atoms with Gasteiger partial charge in [-0.25, -0.2) is 0 Å². The maximum absolute atomic E-state index is 2.50. The zero-order valence-electron chi connectivity index (χ0n) is 17.5. The second-order valence-electron chi connectivity index (χ2n) is 9.54. The fourth-order valence-corrected chi connectivity index (χ4v) is 3.88. The van der Waals surface area contributed by atoms with Gasteiger partial charge in [0.05, 0.1) is 0 Å². The molecule has 0 aromatic heterocycles. The molecule has 0 rings (SSSR count). The van der Waals surface area contributed by atoms with Crippen LogP contribution in [0.5, 0.6) is 0 Å². The quantitative estimate of drug-likeness (QED) is 0.365. The molecular weight excluding hydrogens is 264 g/mol. The molecular formula is C22H46. The van der Waals surface area contributed by atoms with Gasteiger partial charge in [0.15, 0.2) is 0 Å². The van der Waals surface area contributed by atoms with Gasteiger partial charge in [-0.2, -0.15) is 0 Å². The Bertz CT molecular complexity index is 274. The fraction of sp³-hybridized carbons (Fsp3) is 1.00. The molecule has 0 N–H and O–H groups in total. The normalized spacial score (nSPS) is 18.5. The summed E-state index contributed by atoms with van der Waals surface area (Å²) in [6.07, 6.45) is 6.91. The maximum atomic E-state index is 2.50. The van der Waals surface area contributed by atoms with Crippen LogP contribution in [0.3, 0.4) is 0 Å². The molecule has 0 nitrogen and oxygen atoms in total. The van der Waals surface area contributed by atoms with E-state index in [1.807, 2.05) is 0 Å². The van der Waals surface area contributed by atoms with Crippen LogP contribution >= 0.6 is 0 Å². The molecule has 0 bridgehead atoms. The van der Waals surface area contributed by atoms with Crippen LogP contribution in [0.1, 0.15) is 101 Å². The van der Waals surface area contributed by atoms with Crippen LogP contribution in [0.15, 0.2) is 0 Å². The Morgan fingerprint density at radius 1 is 0.682 bits per heavy atom. The third-order valence-electron chi connectivity index (χ3n) is 6.74. The van der Waals surface area contributed by atoms with E-state index in [0.29, 0.717) is 5.41 Å². The van der Waals surface area contributed by atoms with Crippen LogP contribution in [0, 0.1) is 40.9 Å². The zero-order chi connectivity index (χ0) is 17.5. The first-order chi connectivity index (χ1) is 10.0. The van der Waals surface area contributed by atoms with Gasteiger partial charge in [-0.05, 0) is 47.3 Å². The lowest BCUT2D eigenvalue weighted by molar-refractivity contribution is 0.135. The Hall–Kier alpha value is 0. The molecule has 0 heterocycles. The summed E-state index contributed by atoms with van der Waals surface area (Å²) < 4.78 is 0. The van der Waals surface area contributed by atoms with Crippen molar-refractivity contribution in [3.8, 4) is 0 Å². The Morgan fingerprint density at radius 3 is 1.59 bits per heavy atom. The van der Waals surface area contributed by atoms with E-state index in [9.17, 15) is 0 Å². The highest BCUT2D eigenvalue weighted by atomic mass is 14.3. The third-order valence-corrected chi connectivity index (χ3v) is 6.74. The molecule has 0 saturated carbocycles. The van der Waals surface area contributed by atoms with Crippen molar-refractivity contribution < 1.29 is 0 Å². The van der Waals surface area contributed by atoms with Crippen LogP contribution in [-0.2, 0) is 0 Å². The Morgan fingerprint density at radius 2 is 1.18 bits per heavy atom. The summed E-state index contributed by atoms with van der Waals surface area (Å²) in [7, 11) is 0. The van der Waals surface area contributed by atoms with E-state index in [1.54, 1.807) is 0 Å². The van der Waals surface area contributed by atoms with Crippen LogP contribution in [0.25, 0.3) is 0 Å². The third kappa shape index (κ3) is 7.51. The van der Waals surface area contributed by atoms with E-state index in [1.165, 1.54) is 32.1 Å². The summed E-state index contributed by atoms with van der Waals surface area (Å²) in [5, 5.41) is 0. The highest BCUT2D eigenvalue weighted by Gasteiger charge is 2.29.